The third-order valence-electron chi connectivity index (χ3n) is 6.34. The van der Waals surface area contributed by atoms with E-state index in [2.05, 4.69) is 4.98 Å². The van der Waals surface area contributed by atoms with Crippen LogP contribution in [0.5, 0.6) is 5.75 Å². The molecule has 0 radical (unpaired) electrons. The van der Waals surface area contributed by atoms with Gasteiger partial charge in [0.15, 0.2) is 5.82 Å². The lowest BCUT2D eigenvalue weighted by molar-refractivity contribution is -0.0492. The highest BCUT2D eigenvalue weighted by molar-refractivity contribution is 7.89. The number of nitrogens with zero attached hydrogens (tertiary/aromatic N) is 3. The summed E-state index contributed by atoms with van der Waals surface area (Å²) in [4.78, 5) is 5.90. The lowest BCUT2D eigenvalue weighted by atomic mass is 10.0. The van der Waals surface area contributed by atoms with Gasteiger partial charge in [-0.25, -0.2) is 12.8 Å². The van der Waals surface area contributed by atoms with Crippen LogP contribution >= 0.6 is 0 Å². The molecule has 1 aromatic heterocycles. The van der Waals surface area contributed by atoms with E-state index in [1.165, 1.54) is 13.2 Å². The van der Waals surface area contributed by atoms with Crippen LogP contribution in [0, 0.1) is 5.82 Å². The van der Waals surface area contributed by atoms with E-state index in [1.807, 2.05) is 30.3 Å². The summed E-state index contributed by atoms with van der Waals surface area (Å²) in [6.45, 7) is -0.897. The SMILES string of the molecule is COc1cccc2c1CN(S(=O)(=O)C(F)(F)F)C[C@H](CCc1ccccc1)N2Cc1cc(N)c(F)cn1. The van der Waals surface area contributed by atoms with E-state index in [0.29, 0.717) is 28.5 Å². The van der Waals surface area contributed by atoms with Crippen molar-refractivity contribution in [1.29, 1.82) is 0 Å². The number of nitrogen functional groups attached to an aromatic ring is 1. The van der Waals surface area contributed by atoms with E-state index in [1.54, 1.807) is 23.1 Å². The molecule has 0 saturated heterocycles. The molecule has 0 saturated carbocycles. The van der Waals surface area contributed by atoms with Gasteiger partial charge in [-0.2, -0.15) is 17.5 Å². The second-order valence-corrected chi connectivity index (χ2v) is 10.6. The molecule has 0 spiro atoms. The number of ether oxygens (including phenoxy) is 1. The zero-order chi connectivity index (χ0) is 26.8. The topological polar surface area (TPSA) is 88.8 Å². The Labute approximate surface area is 212 Å². The number of methoxy groups -OCH3 is 1. The van der Waals surface area contributed by atoms with Gasteiger partial charge in [-0.15, -0.1) is 0 Å². The van der Waals surface area contributed by atoms with Crippen LogP contribution in [0.3, 0.4) is 0 Å². The van der Waals surface area contributed by atoms with E-state index in [4.69, 9.17) is 10.5 Å². The fraction of sp³-hybridized carbons (Fsp3) is 0.320. The molecule has 2 aromatic carbocycles. The van der Waals surface area contributed by atoms with Crippen molar-refractivity contribution >= 4 is 21.4 Å². The summed E-state index contributed by atoms with van der Waals surface area (Å²) >= 11 is 0. The number of halogens is 4. The van der Waals surface area contributed by atoms with Crippen molar-refractivity contribution in [2.45, 2.75) is 37.5 Å². The number of anilines is 2. The lowest BCUT2D eigenvalue weighted by Crippen LogP contribution is -2.47. The Hall–Kier alpha value is -3.38. The van der Waals surface area contributed by atoms with Crippen molar-refractivity contribution in [3.63, 3.8) is 0 Å². The smallest absolute Gasteiger partial charge is 0.496 e. The molecule has 2 N–H and O–H groups in total. The van der Waals surface area contributed by atoms with E-state index < -0.39 is 40.5 Å². The normalized spacial score (nSPS) is 16.8. The zero-order valence-corrected chi connectivity index (χ0v) is 20.8. The van der Waals surface area contributed by atoms with Crippen molar-refractivity contribution in [3.8, 4) is 5.75 Å². The quantitative estimate of drug-likeness (QED) is 0.446. The molecule has 0 amide bonds. The van der Waals surface area contributed by atoms with Gasteiger partial charge in [-0.3, -0.25) is 4.98 Å². The fourth-order valence-corrected chi connectivity index (χ4v) is 5.43. The predicted octanol–water partition coefficient (Wildman–Crippen LogP) is 4.48. The van der Waals surface area contributed by atoms with Crippen molar-refractivity contribution < 1.29 is 30.7 Å². The van der Waals surface area contributed by atoms with Crippen molar-refractivity contribution in [1.82, 2.24) is 9.29 Å². The van der Waals surface area contributed by atoms with Crippen molar-refractivity contribution in [2.75, 3.05) is 24.3 Å². The van der Waals surface area contributed by atoms with Gasteiger partial charge in [0, 0.05) is 30.4 Å². The van der Waals surface area contributed by atoms with E-state index in [0.717, 1.165) is 11.8 Å². The number of fused-ring (bicyclic) bond motifs is 1. The molecular weight excluding hydrogens is 512 g/mol. The molecule has 198 valence electrons. The van der Waals surface area contributed by atoms with Gasteiger partial charge in [0.2, 0.25) is 0 Å². The van der Waals surface area contributed by atoms with Crippen LogP contribution in [0.1, 0.15) is 23.2 Å². The number of hydrogen-bond acceptors (Lipinski definition) is 6. The first-order valence-corrected chi connectivity index (χ1v) is 12.9. The maximum Gasteiger partial charge on any atom is 0.511 e. The van der Waals surface area contributed by atoms with Crippen molar-refractivity contribution in [2.24, 2.45) is 0 Å². The Balaban J connectivity index is 1.82. The van der Waals surface area contributed by atoms with E-state index in [9.17, 15) is 26.0 Å². The summed E-state index contributed by atoms with van der Waals surface area (Å²) in [6, 6.07) is 15.0. The zero-order valence-electron chi connectivity index (χ0n) is 20.0. The van der Waals surface area contributed by atoms with Gasteiger partial charge < -0.3 is 15.4 Å². The fourth-order valence-electron chi connectivity index (χ4n) is 4.47. The second kappa shape index (κ2) is 10.5. The third-order valence-corrected chi connectivity index (χ3v) is 7.89. The highest BCUT2D eigenvalue weighted by Gasteiger charge is 2.51. The van der Waals surface area contributed by atoms with Gasteiger partial charge in [0.1, 0.15) is 5.75 Å². The van der Waals surface area contributed by atoms with E-state index in [-0.39, 0.29) is 23.5 Å². The number of benzene rings is 2. The number of aromatic nitrogens is 1. The minimum Gasteiger partial charge on any atom is -0.496 e. The monoisotopic (exact) mass is 538 g/mol. The lowest BCUT2D eigenvalue weighted by Gasteiger charge is -2.34. The van der Waals surface area contributed by atoms with Crippen LogP contribution in [0.15, 0.2) is 60.8 Å². The number of hydrogen-bond donors (Lipinski definition) is 1. The molecule has 1 atom stereocenters. The molecule has 4 rings (SSSR count). The van der Waals surface area contributed by atoms with Gasteiger partial charge in [-0.1, -0.05) is 36.4 Å². The number of pyridine rings is 1. The minimum absolute atomic E-state index is 0.0595. The number of aryl methyl sites for hydroxylation is 1. The average Bonchev–Trinajstić information content (AvgIpc) is 3.02. The highest BCUT2D eigenvalue weighted by atomic mass is 32.2. The number of nitrogens with two attached hydrogens (primary N) is 1. The Morgan fingerprint density at radius 1 is 1.14 bits per heavy atom. The molecule has 0 fully saturated rings. The van der Waals surface area contributed by atoms with Crippen LogP contribution in [0.25, 0.3) is 0 Å². The predicted molar refractivity (Wildman–Crippen MR) is 132 cm³/mol. The number of alkyl halides is 3. The number of sulfonamides is 1. The molecule has 7 nitrogen and oxygen atoms in total. The molecule has 2 heterocycles. The van der Waals surface area contributed by atoms with Crippen LogP contribution < -0.4 is 15.4 Å². The Morgan fingerprint density at radius 2 is 1.86 bits per heavy atom. The van der Waals surface area contributed by atoms with Gasteiger partial charge in [0.05, 0.1) is 31.2 Å². The van der Waals surface area contributed by atoms with Crippen molar-refractivity contribution in [3.05, 3.63) is 83.4 Å². The van der Waals surface area contributed by atoms with Gasteiger partial charge >= 0.3 is 15.5 Å². The average molecular weight is 539 g/mol. The second-order valence-electron chi connectivity index (χ2n) is 8.70. The molecule has 0 unspecified atom stereocenters. The maximum atomic E-state index is 13.8. The molecule has 37 heavy (non-hydrogen) atoms. The first kappa shape index (κ1) is 26.7. The molecule has 0 bridgehead atoms. The molecular formula is C25H26F4N4O3S. The van der Waals surface area contributed by atoms with Gasteiger partial charge in [0.25, 0.3) is 0 Å². The highest BCUT2D eigenvalue weighted by Crippen LogP contribution is 2.39. The van der Waals surface area contributed by atoms with Crippen LogP contribution in [0.4, 0.5) is 28.9 Å². The van der Waals surface area contributed by atoms with Crippen LogP contribution in [0.2, 0.25) is 0 Å². The minimum atomic E-state index is -5.65. The summed E-state index contributed by atoms with van der Waals surface area (Å²) in [5.41, 5.74) is 2.26. The van der Waals surface area contributed by atoms with Gasteiger partial charge in [-0.05, 0) is 36.6 Å². The molecule has 0 aliphatic carbocycles. The Morgan fingerprint density at radius 3 is 2.51 bits per heavy atom. The van der Waals surface area contributed by atoms with E-state index >= 15 is 0 Å². The van der Waals surface area contributed by atoms with Crippen LogP contribution in [-0.4, -0.2) is 42.9 Å². The van der Waals surface area contributed by atoms with Crippen LogP contribution in [-0.2, 0) is 29.5 Å². The molecule has 1 aliphatic heterocycles. The molecule has 12 heteroatoms. The maximum absolute atomic E-state index is 13.8. The Kier molecular flexibility index (Phi) is 7.60. The standard InChI is InChI=1S/C25H26F4N4O3S/c1-36-24-9-5-8-23-20(24)16-32(37(34,35)25(27,28)29)15-19(11-10-17-6-3-2-4-7-17)33(23)14-18-12-22(30)21(26)13-31-18/h2-9,12-13,19H,10-11,14-16H2,1H3,(H2,30,31)/t19-/m0/s1. The summed E-state index contributed by atoms with van der Waals surface area (Å²) in [6.07, 6.45) is 1.80. The number of rotatable bonds is 7. The largest absolute Gasteiger partial charge is 0.511 e. The summed E-state index contributed by atoms with van der Waals surface area (Å²) in [7, 11) is -4.29. The summed E-state index contributed by atoms with van der Waals surface area (Å²) in [5.74, 6) is -0.440. The summed E-state index contributed by atoms with van der Waals surface area (Å²) < 4.78 is 85.9. The third kappa shape index (κ3) is 5.64. The Bertz CT molecular complexity index is 1350. The summed E-state index contributed by atoms with van der Waals surface area (Å²) in [5, 5.41) is 0. The molecule has 3 aromatic rings. The first-order valence-electron chi connectivity index (χ1n) is 11.4. The first-order chi connectivity index (χ1) is 17.5. The molecule has 1 aliphatic rings.